The second kappa shape index (κ2) is 8.06. The monoisotopic (exact) mass is 309 g/mol. The van der Waals surface area contributed by atoms with Gasteiger partial charge in [-0.3, -0.25) is 4.79 Å². The number of hydrogen-bond acceptors (Lipinski definition) is 4. The van der Waals surface area contributed by atoms with Gasteiger partial charge in [0.15, 0.2) is 0 Å². The molecule has 0 aliphatic rings. The molecule has 118 valence electrons. The molecule has 5 heteroatoms. The highest BCUT2D eigenvalue weighted by Gasteiger charge is 2.12. The molecule has 1 N–H and O–H groups in total. The van der Waals surface area contributed by atoms with Gasteiger partial charge in [0.2, 0.25) is 0 Å². The van der Waals surface area contributed by atoms with Gasteiger partial charge >= 0.3 is 0 Å². The highest BCUT2D eigenvalue weighted by molar-refractivity contribution is 5.94. The van der Waals surface area contributed by atoms with Gasteiger partial charge in [-0.25, -0.2) is 4.98 Å². The zero-order valence-electron chi connectivity index (χ0n) is 13.2. The van der Waals surface area contributed by atoms with E-state index in [1.165, 1.54) is 0 Å². The summed E-state index contributed by atoms with van der Waals surface area (Å²) in [6, 6.07) is 12.8. The Hall–Kier alpha value is -2.71. The quantitative estimate of drug-likeness (QED) is 0.890. The van der Waals surface area contributed by atoms with Gasteiger partial charge in [0.1, 0.15) is 11.8 Å². The molecular weight excluding hydrogens is 290 g/mol. The molecule has 2 aromatic rings. The number of hydrogen-bond donors (Lipinski definition) is 1. The maximum Gasteiger partial charge on any atom is 0.251 e. The number of methoxy groups -OCH3 is 1. The number of carbonyl (C=O) groups is 1. The molecule has 0 radical (unpaired) electrons. The molecule has 2 rings (SSSR count). The van der Waals surface area contributed by atoms with Crippen molar-refractivity contribution in [1.82, 2.24) is 10.3 Å². The van der Waals surface area contributed by atoms with Crippen LogP contribution in [-0.4, -0.2) is 30.6 Å². The number of amides is 1. The number of nitriles is 1. The van der Waals surface area contributed by atoms with E-state index >= 15 is 0 Å². The van der Waals surface area contributed by atoms with Gasteiger partial charge in [-0.2, -0.15) is 5.26 Å². The van der Waals surface area contributed by atoms with Gasteiger partial charge in [0.05, 0.1) is 12.6 Å². The first-order valence-corrected chi connectivity index (χ1v) is 7.44. The van der Waals surface area contributed by atoms with Crippen molar-refractivity contribution in [2.45, 2.75) is 19.4 Å². The van der Waals surface area contributed by atoms with Gasteiger partial charge < -0.3 is 10.1 Å². The summed E-state index contributed by atoms with van der Waals surface area (Å²) < 4.78 is 5.08. The average molecular weight is 309 g/mol. The normalized spacial score (nSPS) is 11.5. The summed E-state index contributed by atoms with van der Waals surface area (Å²) in [6.45, 7) is 2.50. The number of nitrogens with zero attached hydrogens (tertiary/aromatic N) is 2. The fraction of sp³-hybridized carbons (Fsp3) is 0.278. The Morgan fingerprint density at radius 2 is 1.96 bits per heavy atom. The molecular formula is C18H19N3O2. The molecule has 1 amide bonds. The van der Waals surface area contributed by atoms with Crippen molar-refractivity contribution < 1.29 is 9.53 Å². The molecule has 0 unspecified atom stereocenters. The number of benzene rings is 1. The number of aromatic nitrogens is 1. The van der Waals surface area contributed by atoms with Crippen LogP contribution in [0.15, 0.2) is 42.6 Å². The van der Waals surface area contributed by atoms with Crippen molar-refractivity contribution >= 4 is 5.91 Å². The summed E-state index contributed by atoms with van der Waals surface area (Å²) in [5, 5.41) is 11.7. The van der Waals surface area contributed by atoms with Gasteiger partial charge in [-0.05, 0) is 36.2 Å². The van der Waals surface area contributed by atoms with E-state index in [9.17, 15) is 4.79 Å². The molecule has 0 saturated heterocycles. The summed E-state index contributed by atoms with van der Waals surface area (Å²) in [6.07, 6.45) is 2.47. The largest absolute Gasteiger partial charge is 0.383 e. The third-order valence-electron chi connectivity index (χ3n) is 3.55. The fourth-order valence-electron chi connectivity index (χ4n) is 2.18. The Balaban J connectivity index is 2.09. The minimum absolute atomic E-state index is 0.00917. The Morgan fingerprint density at radius 3 is 2.48 bits per heavy atom. The van der Waals surface area contributed by atoms with Crippen LogP contribution in [0.2, 0.25) is 0 Å². The summed E-state index contributed by atoms with van der Waals surface area (Å²) in [5.74, 6) is -0.113. The van der Waals surface area contributed by atoms with Gasteiger partial charge in [-0.1, -0.05) is 19.1 Å². The Bertz CT molecular complexity index is 688. The molecule has 0 saturated carbocycles. The lowest BCUT2D eigenvalue weighted by Crippen LogP contribution is -2.37. The van der Waals surface area contributed by atoms with Crippen molar-refractivity contribution in [1.29, 1.82) is 5.26 Å². The molecule has 23 heavy (non-hydrogen) atoms. The Kier molecular flexibility index (Phi) is 5.84. The third kappa shape index (κ3) is 4.38. The van der Waals surface area contributed by atoms with E-state index < -0.39 is 0 Å². The number of nitrogens with one attached hydrogen (secondary N) is 1. The maximum absolute atomic E-state index is 12.2. The van der Waals surface area contributed by atoms with Gasteiger partial charge in [0, 0.05) is 24.4 Å². The molecule has 0 fully saturated rings. The van der Waals surface area contributed by atoms with E-state index in [2.05, 4.69) is 10.3 Å². The van der Waals surface area contributed by atoms with Crippen LogP contribution in [0.25, 0.3) is 11.1 Å². The predicted molar refractivity (Wildman–Crippen MR) is 87.8 cm³/mol. The zero-order chi connectivity index (χ0) is 16.7. The minimum atomic E-state index is -0.113. The lowest BCUT2D eigenvalue weighted by molar-refractivity contribution is 0.0894. The SMILES string of the molecule is CC[C@H](COC)NC(=O)c1ccc(-c2ccc(C#N)nc2)cc1. The molecule has 5 nitrogen and oxygen atoms in total. The fourth-order valence-corrected chi connectivity index (χ4v) is 2.18. The first-order chi connectivity index (χ1) is 11.2. The summed E-state index contributed by atoms with van der Waals surface area (Å²) in [4.78, 5) is 16.3. The third-order valence-corrected chi connectivity index (χ3v) is 3.55. The molecule has 0 spiro atoms. The van der Waals surface area contributed by atoms with Crippen LogP contribution in [0.1, 0.15) is 29.4 Å². The first-order valence-electron chi connectivity index (χ1n) is 7.44. The summed E-state index contributed by atoms with van der Waals surface area (Å²) in [5.41, 5.74) is 2.84. The average Bonchev–Trinajstić information content (AvgIpc) is 2.61. The molecule has 1 aromatic carbocycles. The summed E-state index contributed by atoms with van der Waals surface area (Å²) in [7, 11) is 1.62. The first kappa shape index (κ1) is 16.7. The van der Waals surface area contributed by atoms with E-state index in [0.717, 1.165) is 17.5 Å². The highest BCUT2D eigenvalue weighted by atomic mass is 16.5. The van der Waals surface area contributed by atoms with Crippen LogP contribution in [0.4, 0.5) is 0 Å². The smallest absolute Gasteiger partial charge is 0.251 e. The Morgan fingerprint density at radius 1 is 1.26 bits per heavy atom. The van der Waals surface area contributed by atoms with Crippen LogP contribution in [-0.2, 0) is 4.74 Å². The van der Waals surface area contributed by atoms with Crippen molar-refractivity contribution in [3.05, 3.63) is 53.9 Å². The van der Waals surface area contributed by atoms with Crippen LogP contribution in [0.3, 0.4) is 0 Å². The van der Waals surface area contributed by atoms with E-state index in [-0.39, 0.29) is 11.9 Å². The number of carbonyl (C=O) groups excluding carboxylic acids is 1. The highest BCUT2D eigenvalue weighted by Crippen LogP contribution is 2.19. The van der Waals surface area contributed by atoms with E-state index in [0.29, 0.717) is 17.9 Å². The maximum atomic E-state index is 12.2. The molecule has 0 aliphatic carbocycles. The van der Waals surface area contributed by atoms with Gasteiger partial charge in [0.25, 0.3) is 5.91 Å². The Labute approximate surface area is 135 Å². The van der Waals surface area contributed by atoms with Crippen LogP contribution in [0, 0.1) is 11.3 Å². The standard InChI is InChI=1S/C18H19N3O2/c1-3-16(12-23-2)21-18(22)14-6-4-13(5-7-14)15-8-9-17(10-19)20-11-15/h4-9,11,16H,3,12H2,1-2H3,(H,21,22)/t16-/m1/s1. The van der Waals surface area contributed by atoms with Gasteiger partial charge in [-0.15, -0.1) is 0 Å². The molecule has 1 atom stereocenters. The lowest BCUT2D eigenvalue weighted by Gasteiger charge is -2.16. The van der Waals surface area contributed by atoms with E-state index in [1.54, 1.807) is 31.5 Å². The number of pyridine rings is 1. The van der Waals surface area contributed by atoms with Crippen molar-refractivity contribution in [2.24, 2.45) is 0 Å². The second-order valence-electron chi connectivity index (χ2n) is 5.16. The van der Waals surface area contributed by atoms with E-state index in [4.69, 9.17) is 10.00 Å². The topological polar surface area (TPSA) is 75.0 Å². The zero-order valence-corrected chi connectivity index (χ0v) is 13.2. The molecule has 1 heterocycles. The second-order valence-corrected chi connectivity index (χ2v) is 5.16. The van der Waals surface area contributed by atoms with Crippen LogP contribution < -0.4 is 5.32 Å². The van der Waals surface area contributed by atoms with Crippen molar-refractivity contribution in [2.75, 3.05) is 13.7 Å². The summed E-state index contributed by atoms with van der Waals surface area (Å²) >= 11 is 0. The van der Waals surface area contributed by atoms with Crippen LogP contribution >= 0.6 is 0 Å². The molecule has 0 aliphatic heterocycles. The number of rotatable bonds is 6. The van der Waals surface area contributed by atoms with E-state index in [1.807, 2.05) is 31.2 Å². The van der Waals surface area contributed by atoms with Crippen molar-refractivity contribution in [3.8, 4) is 17.2 Å². The molecule has 0 bridgehead atoms. The lowest BCUT2D eigenvalue weighted by atomic mass is 10.0. The minimum Gasteiger partial charge on any atom is -0.383 e. The number of ether oxygens (including phenoxy) is 1. The van der Waals surface area contributed by atoms with Crippen molar-refractivity contribution in [3.63, 3.8) is 0 Å². The van der Waals surface area contributed by atoms with Crippen LogP contribution in [0.5, 0.6) is 0 Å². The predicted octanol–water partition coefficient (Wildman–Crippen LogP) is 2.78. The molecule has 1 aromatic heterocycles.